The molecule has 0 aliphatic heterocycles. The number of nitrogens with one attached hydrogen (secondary N) is 1. The Morgan fingerprint density at radius 2 is 1.75 bits per heavy atom. The van der Waals surface area contributed by atoms with Crippen LogP contribution in [0.3, 0.4) is 0 Å². The molecule has 1 nitrogen and oxygen atoms in total. The molecule has 2 heteroatoms. The summed E-state index contributed by atoms with van der Waals surface area (Å²) >= 11 is 1.85. The number of aryl methyl sites for hydroxylation is 3. The first-order valence-corrected chi connectivity index (χ1v) is 7.97. The van der Waals surface area contributed by atoms with Crippen LogP contribution in [-0.4, -0.2) is 6.54 Å². The summed E-state index contributed by atoms with van der Waals surface area (Å²) in [6.45, 7) is 10.6. The van der Waals surface area contributed by atoms with Gasteiger partial charge in [-0.25, -0.2) is 0 Å². The Morgan fingerprint density at radius 1 is 0.950 bits per heavy atom. The van der Waals surface area contributed by atoms with Crippen LogP contribution in [0.1, 0.15) is 29.2 Å². The van der Waals surface area contributed by atoms with E-state index in [1.54, 1.807) is 0 Å². The predicted octanol–water partition coefficient (Wildman–Crippen LogP) is 4.87. The normalized spacial score (nSPS) is 10.8. The third-order valence-corrected chi connectivity index (χ3v) is 4.61. The van der Waals surface area contributed by atoms with Crippen molar-refractivity contribution in [3.05, 3.63) is 58.7 Å². The van der Waals surface area contributed by atoms with E-state index in [0.29, 0.717) is 0 Å². The van der Waals surface area contributed by atoms with Gasteiger partial charge in [-0.15, -0.1) is 0 Å². The Kier molecular flexibility index (Phi) is 5.27. The highest BCUT2D eigenvalue weighted by Gasteiger charge is 2.04. The number of hydrogen-bond donors (Lipinski definition) is 1. The molecule has 0 radical (unpaired) electrons. The maximum Gasteiger partial charge on any atom is 0.0208 e. The molecular weight excluding hydrogens is 262 g/mol. The summed E-state index contributed by atoms with van der Waals surface area (Å²) in [7, 11) is 0. The van der Waals surface area contributed by atoms with Crippen LogP contribution in [0.25, 0.3) is 0 Å². The number of benzene rings is 2. The maximum atomic E-state index is 3.38. The molecule has 2 aromatic rings. The molecule has 0 aliphatic rings. The monoisotopic (exact) mass is 285 g/mol. The fourth-order valence-corrected chi connectivity index (χ4v) is 3.21. The van der Waals surface area contributed by atoms with Crippen molar-refractivity contribution < 1.29 is 0 Å². The third-order valence-electron chi connectivity index (χ3n) is 3.44. The Bertz CT molecular complexity index is 590. The summed E-state index contributed by atoms with van der Waals surface area (Å²) in [5.41, 5.74) is 5.42. The highest BCUT2D eigenvalue weighted by molar-refractivity contribution is 7.99. The van der Waals surface area contributed by atoms with Crippen LogP contribution in [0.2, 0.25) is 0 Å². The quantitative estimate of drug-likeness (QED) is 0.841. The first kappa shape index (κ1) is 15.1. The maximum absolute atomic E-state index is 3.38. The lowest BCUT2D eigenvalue weighted by Gasteiger charge is -2.10. The van der Waals surface area contributed by atoms with Gasteiger partial charge in [0.2, 0.25) is 0 Å². The van der Waals surface area contributed by atoms with Crippen LogP contribution < -0.4 is 5.32 Å². The van der Waals surface area contributed by atoms with Gasteiger partial charge in [0.15, 0.2) is 0 Å². The molecule has 0 aromatic heterocycles. The second-order valence-corrected chi connectivity index (χ2v) is 6.35. The molecule has 2 aromatic carbocycles. The van der Waals surface area contributed by atoms with E-state index in [4.69, 9.17) is 0 Å². The molecule has 0 atom stereocenters. The van der Waals surface area contributed by atoms with E-state index in [9.17, 15) is 0 Å². The molecule has 0 spiro atoms. The summed E-state index contributed by atoms with van der Waals surface area (Å²) in [6, 6.07) is 13.4. The molecule has 0 fully saturated rings. The van der Waals surface area contributed by atoms with Crippen molar-refractivity contribution in [3.63, 3.8) is 0 Å². The van der Waals surface area contributed by atoms with Crippen molar-refractivity contribution in [2.75, 3.05) is 6.54 Å². The minimum atomic E-state index is 0.955. The third kappa shape index (κ3) is 3.87. The Morgan fingerprint density at radius 3 is 2.40 bits per heavy atom. The second-order valence-electron chi connectivity index (χ2n) is 5.24. The predicted molar refractivity (Wildman–Crippen MR) is 88.6 cm³/mol. The lowest BCUT2D eigenvalue weighted by atomic mass is 10.1. The standard InChI is InChI=1S/C18H23NS/c1-5-19-12-16-7-8-17(11-14(16)3)20-18-9-6-13(2)10-15(18)4/h6-11,19H,5,12H2,1-4H3. The van der Waals surface area contributed by atoms with Crippen LogP contribution in [0.4, 0.5) is 0 Å². The fourth-order valence-electron chi connectivity index (χ4n) is 2.23. The minimum Gasteiger partial charge on any atom is -0.313 e. The van der Waals surface area contributed by atoms with E-state index in [2.05, 4.69) is 69.4 Å². The van der Waals surface area contributed by atoms with Crippen molar-refractivity contribution in [2.24, 2.45) is 0 Å². The van der Waals surface area contributed by atoms with Gasteiger partial charge < -0.3 is 5.32 Å². The van der Waals surface area contributed by atoms with E-state index in [1.165, 1.54) is 32.0 Å². The molecule has 20 heavy (non-hydrogen) atoms. The lowest BCUT2D eigenvalue weighted by molar-refractivity contribution is 0.723. The van der Waals surface area contributed by atoms with Gasteiger partial charge in [0.25, 0.3) is 0 Å². The highest BCUT2D eigenvalue weighted by Crippen LogP contribution is 2.31. The van der Waals surface area contributed by atoms with Gasteiger partial charge in [0, 0.05) is 16.3 Å². The molecule has 1 N–H and O–H groups in total. The zero-order valence-electron chi connectivity index (χ0n) is 12.8. The SMILES string of the molecule is CCNCc1ccc(Sc2ccc(C)cc2C)cc1C. The summed E-state index contributed by atoms with van der Waals surface area (Å²) in [6.07, 6.45) is 0. The lowest BCUT2D eigenvalue weighted by Crippen LogP contribution is -2.12. The van der Waals surface area contributed by atoms with Crippen LogP contribution in [0.15, 0.2) is 46.2 Å². The highest BCUT2D eigenvalue weighted by atomic mass is 32.2. The van der Waals surface area contributed by atoms with Crippen molar-refractivity contribution >= 4 is 11.8 Å². The molecule has 0 unspecified atom stereocenters. The van der Waals surface area contributed by atoms with E-state index in [1.807, 2.05) is 11.8 Å². The molecule has 0 amide bonds. The molecular formula is C18H23NS. The summed E-state index contributed by atoms with van der Waals surface area (Å²) in [5, 5.41) is 3.38. The molecule has 0 heterocycles. The first-order chi connectivity index (χ1) is 9.60. The zero-order chi connectivity index (χ0) is 14.5. The number of hydrogen-bond acceptors (Lipinski definition) is 2. The van der Waals surface area contributed by atoms with Gasteiger partial charge >= 0.3 is 0 Å². The van der Waals surface area contributed by atoms with Crippen molar-refractivity contribution in [2.45, 2.75) is 44.0 Å². The van der Waals surface area contributed by atoms with Gasteiger partial charge in [0.05, 0.1) is 0 Å². The van der Waals surface area contributed by atoms with Crippen LogP contribution in [0, 0.1) is 20.8 Å². The van der Waals surface area contributed by atoms with Crippen LogP contribution in [0.5, 0.6) is 0 Å². The second kappa shape index (κ2) is 6.96. The molecule has 2 rings (SSSR count). The molecule has 0 aliphatic carbocycles. The first-order valence-electron chi connectivity index (χ1n) is 7.15. The van der Waals surface area contributed by atoms with Crippen LogP contribution >= 0.6 is 11.8 Å². The van der Waals surface area contributed by atoms with Gasteiger partial charge in [-0.1, -0.05) is 42.4 Å². The Hall–Kier alpha value is -1.25. The molecule has 106 valence electrons. The van der Waals surface area contributed by atoms with E-state index in [0.717, 1.165) is 13.1 Å². The molecule has 0 saturated heterocycles. The summed E-state index contributed by atoms with van der Waals surface area (Å²) in [4.78, 5) is 2.66. The smallest absolute Gasteiger partial charge is 0.0208 e. The van der Waals surface area contributed by atoms with Crippen molar-refractivity contribution in [1.29, 1.82) is 0 Å². The molecule has 0 saturated carbocycles. The average molecular weight is 285 g/mol. The minimum absolute atomic E-state index is 0.955. The van der Waals surface area contributed by atoms with E-state index in [-0.39, 0.29) is 0 Å². The summed E-state index contributed by atoms with van der Waals surface area (Å²) < 4.78 is 0. The Balaban J connectivity index is 2.15. The molecule has 0 bridgehead atoms. The van der Waals surface area contributed by atoms with Gasteiger partial charge in [-0.3, -0.25) is 0 Å². The van der Waals surface area contributed by atoms with Gasteiger partial charge in [-0.2, -0.15) is 0 Å². The summed E-state index contributed by atoms with van der Waals surface area (Å²) in [5.74, 6) is 0. The van der Waals surface area contributed by atoms with Gasteiger partial charge in [0.1, 0.15) is 0 Å². The largest absolute Gasteiger partial charge is 0.313 e. The van der Waals surface area contributed by atoms with Crippen molar-refractivity contribution in [1.82, 2.24) is 5.32 Å². The van der Waals surface area contributed by atoms with E-state index < -0.39 is 0 Å². The van der Waals surface area contributed by atoms with Crippen molar-refractivity contribution in [3.8, 4) is 0 Å². The topological polar surface area (TPSA) is 12.0 Å². The average Bonchev–Trinajstić information content (AvgIpc) is 2.41. The van der Waals surface area contributed by atoms with Crippen LogP contribution in [-0.2, 0) is 6.54 Å². The van der Waals surface area contributed by atoms with Gasteiger partial charge in [-0.05, 0) is 62.2 Å². The number of rotatable bonds is 5. The fraction of sp³-hybridized carbons (Fsp3) is 0.333. The zero-order valence-corrected chi connectivity index (χ0v) is 13.6. The van der Waals surface area contributed by atoms with E-state index >= 15 is 0 Å². The Labute approximate surface area is 126 Å².